The van der Waals surface area contributed by atoms with Crippen LogP contribution in [0.2, 0.25) is 0 Å². The number of nitrogens with zero attached hydrogens (tertiary/aromatic N) is 1. The number of hydrogen-bond donors (Lipinski definition) is 1. The monoisotopic (exact) mass is 472 g/mol. The summed E-state index contributed by atoms with van der Waals surface area (Å²) in [6, 6.07) is 17.0. The first-order chi connectivity index (χ1) is 16.9. The van der Waals surface area contributed by atoms with Crippen LogP contribution in [0.3, 0.4) is 0 Å². The number of nitrogens with two attached hydrogens (primary N) is 1. The van der Waals surface area contributed by atoms with E-state index in [1.165, 1.54) is 0 Å². The van der Waals surface area contributed by atoms with Crippen molar-refractivity contribution in [2.75, 3.05) is 18.1 Å². The summed E-state index contributed by atoms with van der Waals surface area (Å²) in [6.07, 6.45) is 1.30. The number of anilines is 1. The van der Waals surface area contributed by atoms with Crippen molar-refractivity contribution in [3.8, 4) is 0 Å². The van der Waals surface area contributed by atoms with Crippen LogP contribution in [0.4, 0.5) is 5.69 Å². The van der Waals surface area contributed by atoms with Crippen LogP contribution in [0.15, 0.2) is 77.4 Å². The first-order valence-corrected chi connectivity index (χ1v) is 12.0. The molecule has 2 aromatic rings. The highest BCUT2D eigenvalue weighted by molar-refractivity contribution is 6.23. The molecule has 2 unspecified atom stereocenters. The maximum atomic E-state index is 14.3. The van der Waals surface area contributed by atoms with E-state index in [2.05, 4.69) is 0 Å². The van der Waals surface area contributed by atoms with Gasteiger partial charge in [0.25, 0.3) is 0 Å². The standard InChI is InChI=1S/C28H28N2O5/c1-3-14-30-20-13-9-8-12-19(20)28(27(30)33)23-21(31)15-18(17-10-6-5-7-11-17)16-22(23)35-25(29)24(28)26(32)34-4-2/h5-13,18H,3-4,14-16,29H2,1-2H3. The smallest absolute Gasteiger partial charge is 0.341 e. The number of ketones is 1. The Balaban J connectivity index is 1.76. The molecule has 2 atom stereocenters. The summed E-state index contributed by atoms with van der Waals surface area (Å²) >= 11 is 0. The maximum Gasteiger partial charge on any atom is 0.341 e. The van der Waals surface area contributed by atoms with Crippen LogP contribution < -0.4 is 10.6 Å². The van der Waals surface area contributed by atoms with Crippen molar-refractivity contribution in [3.05, 3.63) is 88.5 Å². The predicted octanol–water partition coefficient (Wildman–Crippen LogP) is 3.85. The number of benzene rings is 2. The largest absolute Gasteiger partial charge is 0.462 e. The molecule has 2 N–H and O–H groups in total. The van der Waals surface area contributed by atoms with Gasteiger partial charge in [0.1, 0.15) is 16.7 Å². The average molecular weight is 473 g/mol. The van der Waals surface area contributed by atoms with E-state index in [0.29, 0.717) is 36.4 Å². The van der Waals surface area contributed by atoms with Gasteiger partial charge >= 0.3 is 5.97 Å². The molecule has 35 heavy (non-hydrogen) atoms. The average Bonchev–Trinajstić information content (AvgIpc) is 3.08. The quantitative estimate of drug-likeness (QED) is 0.664. The minimum absolute atomic E-state index is 0.0934. The number of amides is 1. The molecule has 0 saturated heterocycles. The lowest BCUT2D eigenvalue weighted by Gasteiger charge is -2.40. The van der Waals surface area contributed by atoms with Gasteiger partial charge in [-0.2, -0.15) is 0 Å². The van der Waals surface area contributed by atoms with Crippen molar-refractivity contribution in [3.63, 3.8) is 0 Å². The highest BCUT2D eigenvalue weighted by Gasteiger charge is 2.64. The van der Waals surface area contributed by atoms with Gasteiger partial charge in [0.15, 0.2) is 5.78 Å². The fourth-order valence-electron chi connectivity index (χ4n) is 5.68. The lowest BCUT2D eigenvalue weighted by Crippen LogP contribution is -2.51. The Bertz CT molecular complexity index is 1280. The fourth-order valence-corrected chi connectivity index (χ4v) is 5.68. The van der Waals surface area contributed by atoms with Crippen LogP contribution in [0.25, 0.3) is 0 Å². The highest BCUT2D eigenvalue weighted by atomic mass is 16.5. The molecule has 0 saturated carbocycles. The number of allylic oxidation sites excluding steroid dienone is 1. The third-order valence-electron chi connectivity index (χ3n) is 7.01. The number of esters is 1. The molecule has 5 rings (SSSR count). The summed E-state index contributed by atoms with van der Waals surface area (Å²) in [5.41, 5.74) is 7.03. The van der Waals surface area contributed by atoms with Crippen LogP contribution in [0.5, 0.6) is 0 Å². The number of carbonyl (C=O) groups excluding carboxylic acids is 3. The lowest BCUT2D eigenvalue weighted by atomic mass is 9.63. The molecule has 1 aliphatic carbocycles. The van der Waals surface area contributed by atoms with Crippen molar-refractivity contribution < 1.29 is 23.9 Å². The van der Waals surface area contributed by atoms with Crippen molar-refractivity contribution in [1.82, 2.24) is 0 Å². The molecular weight excluding hydrogens is 444 g/mol. The van der Waals surface area contributed by atoms with E-state index >= 15 is 0 Å². The Kier molecular flexibility index (Phi) is 5.71. The molecule has 2 aromatic carbocycles. The van der Waals surface area contributed by atoms with Crippen LogP contribution in [-0.2, 0) is 29.3 Å². The van der Waals surface area contributed by atoms with Crippen LogP contribution >= 0.6 is 0 Å². The minimum Gasteiger partial charge on any atom is -0.462 e. The van der Waals surface area contributed by atoms with E-state index in [1.807, 2.05) is 49.4 Å². The van der Waals surface area contributed by atoms with E-state index in [9.17, 15) is 14.4 Å². The zero-order valence-electron chi connectivity index (χ0n) is 19.9. The van der Waals surface area contributed by atoms with Gasteiger partial charge in [-0.05, 0) is 30.9 Å². The number of para-hydroxylation sites is 1. The maximum absolute atomic E-state index is 14.3. The van der Waals surface area contributed by atoms with E-state index in [-0.39, 0.29) is 47.7 Å². The molecule has 0 bridgehead atoms. The lowest BCUT2D eigenvalue weighted by molar-refractivity contribution is -0.141. The number of rotatable bonds is 5. The molecular formula is C28H28N2O5. The topological polar surface area (TPSA) is 98.9 Å². The highest BCUT2D eigenvalue weighted by Crippen LogP contribution is 2.57. The molecule has 7 nitrogen and oxygen atoms in total. The Hall–Kier alpha value is -3.87. The summed E-state index contributed by atoms with van der Waals surface area (Å²) in [7, 11) is 0. The molecule has 3 aliphatic rings. The number of hydrogen-bond acceptors (Lipinski definition) is 6. The molecule has 7 heteroatoms. The number of ether oxygens (including phenoxy) is 2. The van der Waals surface area contributed by atoms with E-state index in [4.69, 9.17) is 15.2 Å². The van der Waals surface area contributed by atoms with E-state index in [0.717, 1.165) is 5.56 Å². The Labute approximate surface area is 204 Å². The molecule has 0 radical (unpaired) electrons. The molecule has 2 aliphatic heterocycles. The van der Waals surface area contributed by atoms with Gasteiger partial charge < -0.3 is 20.1 Å². The van der Waals surface area contributed by atoms with Gasteiger partial charge in [-0.1, -0.05) is 55.5 Å². The molecule has 2 heterocycles. The van der Waals surface area contributed by atoms with Crippen LogP contribution in [0, 0.1) is 0 Å². The molecule has 0 aromatic heterocycles. The van der Waals surface area contributed by atoms with Gasteiger partial charge in [0.05, 0.1) is 12.2 Å². The van der Waals surface area contributed by atoms with Gasteiger partial charge in [-0.25, -0.2) is 4.79 Å². The fraction of sp³-hybridized carbons (Fsp3) is 0.321. The summed E-state index contributed by atoms with van der Waals surface area (Å²) < 4.78 is 11.3. The van der Waals surface area contributed by atoms with Gasteiger partial charge in [0, 0.05) is 30.6 Å². The molecule has 1 amide bonds. The van der Waals surface area contributed by atoms with Crippen molar-refractivity contribution in [2.24, 2.45) is 5.73 Å². The predicted molar refractivity (Wildman–Crippen MR) is 130 cm³/mol. The summed E-state index contributed by atoms with van der Waals surface area (Å²) in [6.45, 7) is 4.19. The second kappa shape index (κ2) is 8.73. The zero-order chi connectivity index (χ0) is 24.7. The van der Waals surface area contributed by atoms with Crippen molar-refractivity contribution in [1.29, 1.82) is 0 Å². The third kappa shape index (κ3) is 3.29. The first kappa shape index (κ1) is 22.9. The van der Waals surface area contributed by atoms with Gasteiger partial charge in [-0.15, -0.1) is 0 Å². The van der Waals surface area contributed by atoms with Crippen molar-refractivity contribution >= 4 is 23.3 Å². The normalized spacial score (nSPS) is 23.4. The minimum atomic E-state index is -1.69. The number of carbonyl (C=O) groups is 3. The Morgan fingerprint density at radius 2 is 1.80 bits per heavy atom. The molecule has 1 spiro atoms. The molecule has 0 fully saturated rings. The zero-order valence-corrected chi connectivity index (χ0v) is 19.9. The first-order valence-electron chi connectivity index (χ1n) is 12.0. The third-order valence-corrected chi connectivity index (χ3v) is 7.01. The SMILES string of the molecule is CCCN1C(=O)C2(C(C(=O)OCC)=C(N)OC3=C2C(=O)CC(c2ccccc2)C3)c2ccccc21. The Morgan fingerprint density at radius 3 is 2.51 bits per heavy atom. The van der Waals surface area contributed by atoms with Crippen LogP contribution in [-0.4, -0.2) is 30.8 Å². The summed E-state index contributed by atoms with van der Waals surface area (Å²) in [5, 5.41) is 0. The van der Waals surface area contributed by atoms with Gasteiger partial charge in [-0.3, -0.25) is 9.59 Å². The second-order valence-corrected chi connectivity index (χ2v) is 9.02. The van der Waals surface area contributed by atoms with Gasteiger partial charge in [0.2, 0.25) is 11.8 Å². The number of fused-ring (bicyclic) bond motifs is 3. The van der Waals surface area contributed by atoms with E-state index in [1.54, 1.807) is 24.0 Å². The van der Waals surface area contributed by atoms with E-state index < -0.39 is 11.4 Å². The van der Waals surface area contributed by atoms with Crippen LogP contribution in [0.1, 0.15) is 50.2 Å². The summed E-state index contributed by atoms with van der Waals surface area (Å²) in [5.74, 6) is -1.30. The summed E-state index contributed by atoms with van der Waals surface area (Å²) in [4.78, 5) is 43.2. The number of Topliss-reactive ketones (excluding diaryl/α,β-unsaturated/α-hetero) is 1. The second-order valence-electron chi connectivity index (χ2n) is 9.02. The molecule has 180 valence electrons. The van der Waals surface area contributed by atoms with Crippen molar-refractivity contribution in [2.45, 2.75) is 44.4 Å². The Morgan fingerprint density at radius 1 is 1.09 bits per heavy atom.